The Bertz CT molecular complexity index is 1160. The molecule has 7 nitrogen and oxygen atoms in total. The van der Waals surface area contributed by atoms with E-state index < -0.39 is 34.3 Å². The Labute approximate surface area is 186 Å². The molecule has 3 rings (SSSR count). The summed E-state index contributed by atoms with van der Waals surface area (Å²) in [5.41, 5.74) is 1.44. The van der Waals surface area contributed by atoms with Crippen LogP contribution >= 0.6 is 0 Å². The van der Waals surface area contributed by atoms with E-state index in [0.717, 1.165) is 9.87 Å². The van der Waals surface area contributed by atoms with E-state index in [1.54, 1.807) is 37.3 Å². The van der Waals surface area contributed by atoms with Crippen LogP contribution in [-0.2, 0) is 21.4 Å². The molecule has 32 heavy (non-hydrogen) atoms. The van der Waals surface area contributed by atoms with Crippen LogP contribution in [0.15, 0.2) is 70.2 Å². The van der Waals surface area contributed by atoms with E-state index >= 15 is 0 Å². The number of hydrogen-bond acceptors (Lipinski definition) is 5. The Balaban J connectivity index is 1.79. The number of methoxy groups -OCH3 is 1. The molecule has 0 aliphatic rings. The number of amides is 1. The zero-order valence-electron chi connectivity index (χ0n) is 18.0. The molecule has 170 valence electrons. The molecule has 1 unspecified atom stereocenters. The molecule has 1 atom stereocenters. The summed E-state index contributed by atoms with van der Waals surface area (Å²) in [6, 6.07) is 13.5. The maximum absolute atomic E-state index is 14.0. The van der Waals surface area contributed by atoms with Crippen molar-refractivity contribution < 1.29 is 26.8 Å². The van der Waals surface area contributed by atoms with Gasteiger partial charge in [0, 0.05) is 0 Å². The molecule has 0 aliphatic heterocycles. The standard InChI is InChI=1S/C23H25FN2O5S/c1-16-6-9-20(10-7-16)32(28,29)26(14-19-5-4-12-31-19)15-23(27)25-17(2)18-8-11-22(30-3)21(24)13-18/h4-13,17H,14-15H2,1-3H3,(H,25,27). The number of furan rings is 1. The SMILES string of the molecule is COc1ccc(C(C)NC(=O)CN(Cc2ccco2)S(=O)(=O)c2ccc(C)cc2)cc1F. The third-order valence-corrected chi connectivity index (χ3v) is 6.75. The third kappa shape index (κ3) is 5.54. The van der Waals surface area contributed by atoms with Gasteiger partial charge in [0.05, 0.1) is 37.4 Å². The maximum Gasteiger partial charge on any atom is 0.243 e. The molecule has 0 saturated carbocycles. The van der Waals surface area contributed by atoms with E-state index in [2.05, 4.69) is 5.32 Å². The van der Waals surface area contributed by atoms with Gasteiger partial charge in [-0.1, -0.05) is 23.8 Å². The largest absolute Gasteiger partial charge is 0.494 e. The molecule has 0 radical (unpaired) electrons. The van der Waals surface area contributed by atoms with Crippen molar-refractivity contribution in [3.63, 3.8) is 0 Å². The third-order valence-electron chi connectivity index (χ3n) is 4.94. The predicted molar refractivity (Wildman–Crippen MR) is 117 cm³/mol. The van der Waals surface area contributed by atoms with E-state index in [1.807, 2.05) is 6.92 Å². The molecule has 9 heteroatoms. The average molecular weight is 461 g/mol. The molecular weight excluding hydrogens is 435 g/mol. The minimum absolute atomic E-state index is 0.0766. The topological polar surface area (TPSA) is 88.8 Å². The Morgan fingerprint density at radius 2 is 1.91 bits per heavy atom. The normalized spacial score (nSPS) is 12.5. The molecule has 0 bridgehead atoms. The zero-order chi connectivity index (χ0) is 23.3. The Hall–Kier alpha value is -3.17. The number of sulfonamides is 1. The molecule has 0 saturated heterocycles. The zero-order valence-corrected chi connectivity index (χ0v) is 18.9. The first kappa shape index (κ1) is 23.5. The Kier molecular flexibility index (Phi) is 7.32. The van der Waals surface area contributed by atoms with Crippen molar-refractivity contribution in [2.24, 2.45) is 0 Å². The molecule has 0 fully saturated rings. The average Bonchev–Trinajstić information content (AvgIpc) is 3.26. The van der Waals surface area contributed by atoms with Crippen molar-refractivity contribution in [1.82, 2.24) is 9.62 Å². The lowest BCUT2D eigenvalue weighted by Crippen LogP contribution is -2.41. The summed E-state index contributed by atoms with van der Waals surface area (Å²) in [5.74, 6) is -0.580. The monoisotopic (exact) mass is 460 g/mol. The van der Waals surface area contributed by atoms with Crippen molar-refractivity contribution in [2.75, 3.05) is 13.7 Å². The van der Waals surface area contributed by atoms with E-state index in [1.165, 1.54) is 37.6 Å². The van der Waals surface area contributed by atoms with Gasteiger partial charge < -0.3 is 14.5 Å². The van der Waals surface area contributed by atoms with Crippen molar-refractivity contribution >= 4 is 15.9 Å². The Morgan fingerprint density at radius 3 is 2.50 bits per heavy atom. The van der Waals surface area contributed by atoms with Gasteiger partial charge in [0.25, 0.3) is 0 Å². The van der Waals surface area contributed by atoms with E-state index in [-0.39, 0.29) is 17.2 Å². The maximum atomic E-state index is 14.0. The van der Waals surface area contributed by atoms with Crippen LogP contribution in [-0.4, -0.2) is 32.3 Å². The molecule has 1 N–H and O–H groups in total. The fourth-order valence-electron chi connectivity index (χ4n) is 3.14. The van der Waals surface area contributed by atoms with Crippen molar-refractivity contribution in [1.29, 1.82) is 0 Å². The lowest BCUT2D eigenvalue weighted by molar-refractivity contribution is -0.122. The van der Waals surface area contributed by atoms with Crippen molar-refractivity contribution in [3.05, 3.63) is 83.6 Å². The summed E-state index contributed by atoms with van der Waals surface area (Å²) in [5, 5.41) is 2.72. The lowest BCUT2D eigenvalue weighted by atomic mass is 10.1. The van der Waals surface area contributed by atoms with Crippen LogP contribution in [0.3, 0.4) is 0 Å². The number of aryl methyl sites for hydroxylation is 1. The number of nitrogens with zero attached hydrogens (tertiary/aromatic N) is 1. The van der Waals surface area contributed by atoms with Gasteiger partial charge in [-0.15, -0.1) is 0 Å². The van der Waals surface area contributed by atoms with Crippen LogP contribution < -0.4 is 10.1 Å². The van der Waals surface area contributed by atoms with Crippen LogP contribution in [0.1, 0.15) is 29.9 Å². The quantitative estimate of drug-likeness (QED) is 0.525. The van der Waals surface area contributed by atoms with Crippen LogP contribution in [0, 0.1) is 12.7 Å². The van der Waals surface area contributed by atoms with Crippen LogP contribution in [0.2, 0.25) is 0 Å². The molecule has 0 aliphatic carbocycles. The van der Waals surface area contributed by atoms with Crippen LogP contribution in [0.5, 0.6) is 5.75 Å². The number of carbonyl (C=O) groups excluding carboxylic acids is 1. The minimum atomic E-state index is -3.97. The summed E-state index contributed by atoms with van der Waals surface area (Å²) < 4.78 is 51.7. The summed E-state index contributed by atoms with van der Waals surface area (Å²) in [7, 11) is -2.60. The Morgan fingerprint density at radius 1 is 1.19 bits per heavy atom. The van der Waals surface area contributed by atoms with Gasteiger partial charge in [-0.05, 0) is 55.8 Å². The van der Waals surface area contributed by atoms with Crippen molar-refractivity contribution in [3.8, 4) is 5.75 Å². The summed E-state index contributed by atoms with van der Waals surface area (Å²) in [6.07, 6.45) is 1.44. The number of halogens is 1. The van der Waals surface area contributed by atoms with Gasteiger partial charge in [-0.25, -0.2) is 12.8 Å². The van der Waals surface area contributed by atoms with Crippen LogP contribution in [0.4, 0.5) is 4.39 Å². The van der Waals surface area contributed by atoms with Gasteiger partial charge in [0.1, 0.15) is 5.76 Å². The second kappa shape index (κ2) is 9.97. The van der Waals surface area contributed by atoms with E-state index in [9.17, 15) is 17.6 Å². The minimum Gasteiger partial charge on any atom is -0.494 e. The van der Waals surface area contributed by atoms with Gasteiger partial charge in [0.2, 0.25) is 15.9 Å². The fourth-order valence-corrected chi connectivity index (χ4v) is 4.51. The number of ether oxygens (including phenoxy) is 1. The highest BCUT2D eigenvalue weighted by Crippen LogP contribution is 2.22. The number of rotatable bonds is 9. The van der Waals surface area contributed by atoms with Gasteiger partial charge in [-0.2, -0.15) is 4.31 Å². The fraction of sp³-hybridized carbons (Fsp3) is 0.261. The van der Waals surface area contributed by atoms with E-state index in [4.69, 9.17) is 9.15 Å². The number of benzene rings is 2. The molecule has 1 amide bonds. The first-order valence-corrected chi connectivity index (χ1v) is 11.4. The number of hydrogen-bond donors (Lipinski definition) is 1. The molecule has 1 aromatic heterocycles. The highest BCUT2D eigenvalue weighted by Gasteiger charge is 2.28. The summed E-state index contributed by atoms with van der Waals surface area (Å²) in [4.78, 5) is 12.8. The molecule has 0 spiro atoms. The summed E-state index contributed by atoms with van der Waals surface area (Å²) >= 11 is 0. The second-order valence-electron chi connectivity index (χ2n) is 7.35. The van der Waals surface area contributed by atoms with E-state index in [0.29, 0.717) is 11.3 Å². The smallest absolute Gasteiger partial charge is 0.243 e. The van der Waals surface area contributed by atoms with Crippen molar-refractivity contribution in [2.45, 2.75) is 31.3 Å². The lowest BCUT2D eigenvalue weighted by Gasteiger charge is -2.22. The molecule has 2 aromatic carbocycles. The highest BCUT2D eigenvalue weighted by molar-refractivity contribution is 7.89. The van der Waals surface area contributed by atoms with Crippen LogP contribution in [0.25, 0.3) is 0 Å². The highest BCUT2D eigenvalue weighted by atomic mass is 32.2. The summed E-state index contributed by atoms with van der Waals surface area (Å²) in [6.45, 7) is 3.00. The first-order valence-electron chi connectivity index (χ1n) is 9.92. The molecule has 3 aromatic rings. The van der Waals surface area contributed by atoms with Gasteiger partial charge in [0.15, 0.2) is 11.6 Å². The molecule has 1 heterocycles. The van der Waals surface area contributed by atoms with Gasteiger partial charge >= 0.3 is 0 Å². The predicted octanol–water partition coefficient (Wildman–Crippen LogP) is 3.80. The molecular formula is C23H25FN2O5S. The first-order chi connectivity index (χ1) is 15.2. The number of carbonyl (C=O) groups is 1. The second-order valence-corrected chi connectivity index (χ2v) is 9.29. The number of nitrogens with one attached hydrogen (secondary N) is 1. The van der Waals surface area contributed by atoms with Gasteiger partial charge in [-0.3, -0.25) is 4.79 Å².